The summed E-state index contributed by atoms with van der Waals surface area (Å²) in [7, 11) is 1.56. The molecule has 0 atom stereocenters. The molecule has 1 fully saturated rings. The monoisotopic (exact) mass is 522 g/mol. The minimum atomic E-state index is -0.393. The van der Waals surface area contributed by atoms with Crippen LogP contribution in [0.1, 0.15) is 29.8 Å². The Balaban J connectivity index is 1.55. The highest BCUT2D eigenvalue weighted by Gasteiger charge is 2.33. The maximum atomic E-state index is 13.2. The van der Waals surface area contributed by atoms with Crippen molar-refractivity contribution in [1.29, 1.82) is 0 Å². The number of rotatable bonds is 7. The Morgan fingerprint density at radius 1 is 1.08 bits per heavy atom. The summed E-state index contributed by atoms with van der Waals surface area (Å²) in [5, 5.41) is 2.71. The molecule has 184 valence electrons. The summed E-state index contributed by atoms with van der Waals surface area (Å²) in [5.74, 6) is 0.110. The number of benzene rings is 3. The normalized spacial score (nSPS) is 14.5. The van der Waals surface area contributed by atoms with Gasteiger partial charge >= 0.3 is 0 Å². The number of carbonyl (C=O) groups excluding carboxylic acids is 2. The fourth-order valence-electron chi connectivity index (χ4n) is 3.49. The van der Waals surface area contributed by atoms with E-state index in [-0.39, 0.29) is 17.9 Å². The topological polar surface area (TPSA) is 67.9 Å². The molecule has 4 rings (SSSR count). The molecule has 1 heterocycles. The van der Waals surface area contributed by atoms with Gasteiger partial charge in [-0.05, 0) is 80.1 Å². The quantitative estimate of drug-likeness (QED) is 0.291. The summed E-state index contributed by atoms with van der Waals surface area (Å²) in [6, 6.07) is 17.5. The number of carbonyl (C=O) groups is 2. The van der Waals surface area contributed by atoms with Crippen molar-refractivity contribution in [2.24, 2.45) is 0 Å². The van der Waals surface area contributed by atoms with Gasteiger partial charge in [0.1, 0.15) is 5.82 Å². The average molecular weight is 523 g/mol. The Morgan fingerprint density at radius 3 is 2.53 bits per heavy atom. The third-order valence-electron chi connectivity index (χ3n) is 5.11. The zero-order valence-electron chi connectivity index (χ0n) is 19.8. The van der Waals surface area contributed by atoms with E-state index in [1.807, 2.05) is 19.9 Å². The molecule has 36 heavy (non-hydrogen) atoms. The van der Waals surface area contributed by atoms with Crippen LogP contribution in [-0.2, 0) is 4.79 Å². The van der Waals surface area contributed by atoms with Gasteiger partial charge in [-0.25, -0.2) is 4.39 Å². The molecule has 0 radical (unpaired) electrons. The lowest BCUT2D eigenvalue weighted by atomic mass is 10.1. The Kier molecular flexibility index (Phi) is 7.71. The molecule has 9 heteroatoms. The van der Waals surface area contributed by atoms with Crippen LogP contribution < -0.4 is 19.7 Å². The predicted molar refractivity (Wildman–Crippen MR) is 145 cm³/mol. The molecule has 0 aromatic heterocycles. The Labute approximate surface area is 218 Å². The van der Waals surface area contributed by atoms with E-state index in [1.54, 1.807) is 49.6 Å². The molecule has 0 unspecified atom stereocenters. The van der Waals surface area contributed by atoms with Crippen LogP contribution in [0.3, 0.4) is 0 Å². The maximum Gasteiger partial charge on any atom is 0.270 e. The zero-order valence-corrected chi connectivity index (χ0v) is 21.4. The third kappa shape index (κ3) is 5.75. The summed E-state index contributed by atoms with van der Waals surface area (Å²) in [5.41, 5.74) is 2.03. The van der Waals surface area contributed by atoms with Crippen LogP contribution in [0.25, 0.3) is 6.08 Å². The molecule has 3 aromatic rings. The van der Waals surface area contributed by atoms with E-state index in [0.717, 1.165) is 5.56 Å². The van der Waals surface area contributed by atoms with Gasteiger partial charge in [-0.3, -0.25) is 14.5 Å². The minimum Gasteiger partial charge on any atom is -0.493 e. The van der Waals surface area contributed by atoms with Crippen LogP contribution in [-0.4, -0.2) is 29.3 Å². The number of hydrogen-bond acceptors (Lipinski definition) is 6. The number of ether oxygens (including phenoxy) is 2. The number of methoxy groups -OCH3 is 1. The van der Waals surface area contributed by atoms with Gasteiger partial charge in [-0.2, -0.15) is 0 Å². The van der Waals surface area contributed by atoms with Gasteiger partial charge in [0.05, 0.1) is 23.8 Å². The van der Waals surface area contributed by atoms with E-state index in [4.69, 9.17) is 21.7 Å². The Hall–Kier alpha value is -3.69. The van der Waals surface area contributed by atoms with Gasteiger partial charge in [0.15, 0.2) is 15.8 Å². The molecule has 0 bridgehead atoms. The van der Waals surface area contributed by atoms with Crippen molar-refractivity contribution in [2.75, 3.05) is 17.3 Å². The number of nitrogens with zero attached hydrogens (tertiary/aromatic N) is 1. The summed E-state index contributed by atoms with van der Waals surface area (Å²) in [4.78, 5) is 27.8. The fraction of sp³-hybridized carbons (Fsp3) is 0.148. The van der Waals surface area contributed by atoms with E-state index < -0.39 is 5.82 Å². The van der Waals surface area contributed by atoms with Crippen molar-refractivity contribution in [3.05, 3.63) is 88.6 Å². The van der Waals surface area contributed by atoms with Crippen molar-refractivity contribution < 1.29 is 23.5 Å². The summed E-state index contributed by atoms with van der Waals surface area (Å²) >= 11 is 6.66. The first kappa shape index (κ1) is 25.4. The number of thioether (sulfide) groups is 1. The van der Waals surface area contributed by atoms with Crippen LogP contribution >= 0.6 is 24.0 Å². The lowest BCUT2D eigenvalue weighted by molar-refractivity contribution is -0.113. The number of nitrogens with one attached hydrogen (secondary N) is 1. The minimum absolute atomic E-state index is 0.00506. The van der Waals surface area contributed by atoms with E-state index in [0.29, 0.717) is 37.7 Å². The molecule has 0 spiro atoms. The molecule has 1 aliphatic rings. The lowest BCUT2D eigenvalue weighted by Gasteiger charge is -2.15. The van der Waals surface area contributed by atoms with E-state index in [9.17, 15) is 14.0 Å². The highest BCUT2D eigenvalue weighted by atomic mass is 32.2. The molecular formula is C27H23FN2O4S2. The number of anilines is 2. The van der Waals surface area contributed by atoms with Crippen LogP contribution in [0.2, 0.25) is 0 Å². The van der Waals surface area contributed by atoms with Crippen LogP contribution in [0.4, 0.5) is 15.8 Å². The Morgan fingerprint density at radius 2 is 1.83 bits per heavy atom. The SMILES string of the molecule is COc1cc(/C=C2/SC(=S)N(c3cccc(C(=O)Nc4ccc(F)cc4)c3)C2=O)ccc1OC(C)C. The maximum absolute atomic E-state index is 13.2. The number of thiocarbonyl (C=S) groups is 1. The summed E-state index contributed by atoms with van der Waals surface area (Å²) < 4.78 is 24.7. The first-order valence-electron chi connectivity index (χ1n) is 11.0. The molecular weight excluding hydrogens is 499 g/mol. The highest BCUT2D eigenvalue weighted by molar-refractivity contribution is 8.27. The predicted octanol–water partition coefficient (Wildman–Crippen LogP) is 6.28. The van der Waals surface area contributed by atoms with Crippen molar-refractivity contribution in [2.45, 2.75) is 20.0 Å². The first-order chi connectivity index (χ1) is 17.2. The first-order valence-corrected chi connectivity index (χ1v) is 12.3. The van der Waals surface area contributed by atoms with Crippen molar-refractivity contribution in [3.63, 3.8) is 0 Å². The molecule has 0 aliphatic carbocycles. The van der Waals surface area contributed by atoms with Gasteiger partial charge in [-0.15, -0.1) is 0 Å². The Bertz CT molecular complexity index is 1360. The molecule has 1 N–H and O–H groups in total. The zero-order chi connectivity index (χ0) is 25.8. The second kappa shape index (κ2) is 10.9. The molecule has 6 nitrogen and oxygen atoms in total. The van der Waals surface area contributed by atoms with E-state index >= 15 is 0 Å². The average Bonchev–Trinajstić information content (AvgIpc) is 3.13. The summed E-state index contributed by atoms with van der Waals surface area (Å²) in [6.07, 6.45) is 1.74. The van der Waals surface area contributed by atoms with E-state index in [2.05, 4.69) is 5.32 Å². The van der Waals surface area contributed by atoms with Crippen molar-refractivity contribution in [3.8, 4) is 11.5 Å². The molecule has 1 saturated heterocycles. The van der Waals surface area contributed by atoms with Crippen LogP contribution in [0.5, 0.6) is 11.5 Å². The van der Waals surface area contributed by atoms with Gasteiger partial charge in [0.25, 0.3) is 11.8 Å². The number of halogens is 1. The molecule has 1 aliphatic heterocycles. The third-order valence-corrected chi connectivity index (χ3v) is 6.41. The smallest absolute Gasteiger partial charge is 0.270 e. The van der Waals surface area contributed by atoms with Gasteiger partial charge in [0.2, 0.25) is 0 Å². The van der Waals surface area contributed by atoms with Crippen molar-refractivity contribution >= 4 is 57.6 Å². The largest absolute Gasteiger partial charge is 0.493 e. The fourth-order valence-corrected chi connectivity index (χ4v) is 4.79. The van der Waals surface area contributed by atoms with Crippen LogP contribution in [0, 0.1) is 5.82 Å². The van der Waals surface area contributed by atoms with Gasteiger partial charge < -0.3 is 14.8 Å². The van der Waals surface area contributed by atoms with Gasteiger partial charge in [-0.1, -0.05) is 36.1 Å². The second-order valence-electron chi connectivity index (χ2n) is 8.11. The second-order valence-corrected chi connectivity index (χ2v) is 9.78. The molecule has 2 amide bonds. The number of amides is 2. The highest BCUT2D eigenvalue weighted by Crippen LogP contribution is 2.37. The van der Waals surface area contributed by atoms with Crippen LogP contribution in [0.15, 0.2) is 71.6 Å². The van der Waals surface area contributed by atoms with Crippen molar-refractivity contribution in [1.82, 2.24) is 0 Å². The molecule has 0 saturated carbocycles. The lowest BCUT2D eigenvalue weighted by Crippen LogP contribution is -2.27. The number of hydrogen-bond donors (Lipinski definition) is 1. The standard InChI is InChI=1S/C27H23FN2O4S2/c1-16(2)34-22-12-7-17(13-23(22)33-3)14-24-26(32)30(27(35)36-24)21-6-4-5-18(15-21)25(31)29-20-10-8-19(28)9-11-20/h4-16H,1-3H3,(H,29,31)/b24-14+. The molecule has 3 aromatic carbocycles. The summed E-state index contributed by atoms with van der Waals surface area (Å²) in [6.45, 7) is 3.86. The van der Waals surface area contributed by atoms with E-state index in [1.165, 1.54) is 40.9 Å². The van der Waals surface area contributed by atoms with Gasteiger partial charge in [0, 0.05) is 11.3 Å².